The lowest BCUT2D eigenvalue weighted by Crippen LogP contribution is -2.31. The summed E-state index contributed by atoms with van der Waals surface area (Å²) in [5, 5.41) is 0. The molecule has 0 atom stereocenters. The number of carbonyl (C=O) groups excluding carboxylic acids is 1. The van der Waals surface area contributed by atoms with Crippen LogP contribution in [0.1, 0.15) is 41.7 Å². The number of amides is 1. The van der Waals surface area contributed by atoms with Gasteiger partial charge in [0.2, 0.25) is 0 Å². The first-order chi connectivity index (χ1) is 9.24. The van der Waals surface area contributed by atoms with Crippen molar-refractivity contribution in [3.05, 3.63) is 35.8 Å². The van der Waals surface area contributed by atoms with Crippen molar-refractivity contribution in [2.75, 3.05) is 13.1 Å². The van der Waals surface area contributed by atoms with E-state index in [1.165, 1.54) is 12.8 Å². The maximum atomic E-state index is 12.5. The van der Waals surface area contributed by atoms with Crippen molar-refractivity contribution in [2.45, 2.75) is 32.6 Å². The van der Waals surface area contributed by atoms with Crippen LogP contribution in [-0.4, -0.2) is 33.3 Å². The molecule has 3 heterocycles. The molecule has 19 heavy (non-hydrogen) atoms. The molecule has 1 amide bonds. The van der Waals surface area contributed by atoms with Gasteiger partial charge in [0, 0.05) is 25.5 Å². The molecule has 100 valence electrons. The predicted octanol–water partition coefficient (Wildman–Crippen LogP) is 2.66. The molecular weight excluding hydrogens is 238 g/mol. The lowest BCUT2D eigenvalue weighted by molar-refractivity contribution is 0.0761. The van der Waals surface area contributed by atoms with Gasteiger partial charge in [-0.25, -0.2) is 4.98 Å². The zero-order valence-corrected chi connectivity index (χ0v) is 11.3. The summed E-state index contributed by atoms with van der Waals surface area (Å²) in [6, 6.07) is 3.80. The lowest BCUT2D eigenvalue weighted by Gasteiger charge is -2.20. The van der Waals surface area contributed by atoms with Crippen LogP contribution in [0.4, 0.5) is 0 Å². The summed E-state index contributed by atoms with van der Waals surface area (Å²) >= 11 is 0. The molecule has 1 fully saturated rings. The van der Waals surface area contributed by atoms with E-state index in [0.29, 0.717) is 0 Å². The largest absolute Gasteiger partial charge is 0.339 e. The van der Waals surface area contributed by atoms with Crippen LogP contribution in [0.2, 0.25) is 0 Å². The molecule has 3 rings (SSSR count). The summed E-state index contributed by atoms with van der Waals surface area (Å²) < 4.78 is 1.93. The second kappa shape index (κ2) is 5.03. The molecule has 1 saturated heterocycles. The molecule has 0 N–H and O–H groups in total. The highest BCUT2D eigenvalue weighted by Crippen LogP contribution is 2.14. The summed E-state index contributed by atoms with van der Waals surface area (Å²) in [6.07, 6.45) is 8.57. The molecule has 0 bridgehead atoms. The maximum absolute atomic E-state index is 12.5. The second-order valence-corrected chi connectivity index (χ2v) is 5.27. The Morgan fingerprint density at radius 1 is 1.11 bits per heavy atom. The van der Waals surface area contributed by atoms with E-state index in [2.05, 4.69) is 4.98 Å². The van der Waals surface area contributed by atoms with Gasteiger partial charge in [0.1, 0.15) is 5.65 Å². The monoisotopic (exact) mass is 257 g/mol. The molecule has 2 aromatic heterocycles. The molecule has 0 spiro atoms. The minimum atomic E-state index is 0.148. The first-order valence-electron chi connectivity index (χ1n) is 6.99. The molecule has 4 heteroatoms. The first-order valence-corrected chi connectivity index (χ1v) is 6.99. The lowest BCUT2D eigenvalue weighted by atomic mass is 10.2. The third-order valence-electron chi connectivity index (χ3n) is 3.71. The van der Waals surface area contributed by atoms with Crippen LogP contribution < -0.4 is 0 Å². The van der Waals surface area contributed by atoms with E-state index in [4.69, 9.17) is 0 Å². The van der Waals surface area contributed by atoms with Crippen molar-refractivity contribution >= 4 is 11.6 Å². The number of aromatic nitrogens is 2. The number of imidazole rings is 1. The predicted molar refractivity (Wildman–Crippen MR) is 74.3 cm³/mol. The van der Waals surface area contributed by atoms with Gasteiger partial charge in [-0.2, -0.15) is 0 Å². The van der Waals surface area contributed by atoms with Crippen molar-refractivity contribution in [1.82, 2.24) is 14.3 Å². The van der Waals surface area contributed by atoms with Crippen LogP contribution in [0.25, 0.3) is 5.65 Å². The first kappa shape index (κ1) is 12.2. The van der Waals surface area contributed by atoms with Gasteiger partial charge in [0.25, 0.3) is 5.91 Å². The topological polar surface area (TPSA) is 37.6 Å². The van der Waals surface area contributed by atoms with Crippen molar-refractivity contribution in [2.24, 2.45) is 0 Å². The standard InChI is InChI=1S/C15H19N3O/c1-12-10-18-11-13(6-7-14(18)16-12)15(19)17-8-4-2-3-5-9-17/h6-7,10-11H,2-5,8-9H2,1H3. The second-order valence-electron chi connectivity index (χ2n) is 5.27. The third-order valence-corrected chi connectivity index (χ3v) is 3.71. The minimum Gasteiger partial charge on any atom is -0.339 e. The van der Waals surface area contributed by atoms with E-state index in [-0.39, 0.29) is 5.91 Å². The highest BCUT2D eigenvalue weighted by Gasteiger charge is 2.17. The smallest absolute Gasteiger partial charge is 0.255 e. The van der Waals surface area contributed by atoms with Crippen molar-refractivity contribution in [1.29, 1.82) is 0 Å². The Hall–Kier alpha value is -1.84. The zero-order valence-electron chi connectivity index (χ0n) is 11.3. The van der Waals surface area contributed by atoms with Crippen LogP contribution in [0, 0.1) is 6.92 Å². The summed E-state index contributed by atoms with van der Waals surface area (Å²) in [5.74, 6) is 0.148. The Morgan fingerprint density at radius 2 is 1.84 bits per heavy atom. The number of likely N-dealkylation sites (tertiary alicyclic amines) is 1. The Morgan fingerprint density at radius 3 is 2.58 bits per heavy atom. The Kier molecular flexibility index (Phi) is 3.23. The third kappa shape index (κ3) is 2.48. The highest BCUT2D eigenvalue weighted by molar-refractivity contribution is 5.94. The van der Waals surface area contributed by atoms with Crippen molar-refractivity contribution < 1.29 is 4.79 Å². The molecule has 1 aliphatic heterocycles. The summed E-state index contributed by atoms with van der Waals surface area (Å²) in [7, 11) is 0. The molecule has 0 unspecified atom stereocenters. The quantitative estimate of drug-likeness (QED) is 0.787. The Balaban J connectivity index is 1.87. The van der Waals surface area contributed by atoms with Gasteiger partial charge in [-0.1, -0.05) is 12.8 Å². The summed E-state index contributed by atoms with van der Waals surface area (Å²) in [5.41, 5.74) is 2.62. The number of nitrogens with zero attached hydrogens (tertiary/aromatic N) is 3. The molecular formula is C15H19N3O. The highest BCUT2D eigenvalue weighted by atomic mass is 16.2. The average Bonchev–Trinajstić information content (AvgIpc) is 2.63. The maximum Gasteiger partial charge on any atom is 0.255 e. The molecule has 2 aromatic rings. The van der Waals surface area contributed by atoms with E-state index >= 15 is 0 Å². The number of aryl methyl sites for hydroxylation is 1. The fourth-order valence-corrected chi connectivity index (χ4v) is 2.70. The molecule has 1 aliphatic rings. The van der Waals surface area contributed by atoms with E-state index in [9.17, 15) is 4.79 Å². The van der Waals surface area contributed by atoms with Gasteiger partial charge in [0.15, 0.2) is 0 Å². The van der Waals surface area contributed by atoms with E-state index in [1.807, 2.05) is 40.8 Å². The van der Waals surface area contributed by atoms with Gasteiger partial charge in [-0.05, 0) is 31.9 Å². The number of fused-ring (bicyclic) bond motifs is 1. The van der Waals surface area contributed by atoms with Gasteiger partial charge in [0.05, 0.1) is 11.3 Å². The average molecular weight is 257 g/mol. The fourth-order valence-electron chi connectivity index (χ4n) is 2.70. The summed E-state index contributed by atoms with van der Waals surface area (Å²) in [6.45, 7) is 3.74. The summed E-state index contributed by atoms with van der Waals surface area (Å²) in [4.78, 5) is 18.9. The zero-order chi connectivity index (χ0) is 13.2. The minimum absolute atomic E-state index is 0.148. The molecule has 0 aromatic carbocycles. The number of hydrogen-bond donors (Lipinski definition) is 0. The van der Waals surface area contributed by atoms with Gasteiger partial charge in [-0.15, -0.1) is 0 Å². The Bertz CT molecular complexity index is 594. The van der Waals surface area contributed by atoms with E-state index in [0.717, 1.165) is 42.8 Å². The van der Waals surface area contributed by atoms with Gasteiger partial charge in [-0.3, -0.25) is 4.79 Å². The Labute approximate surface area is 113 Å². The fraction of sp³-hybridized carbons (Fsp3) is 0.467. The molecule has 4 nitrogen and oxygen atoms in total. The van der Waals surface area contributed by atoms with E-state index < -0.39 is 0 Å². The van der Waals surface area contributed by atoms with Crippen molar-refractivity contribution in [3.8, 4) is 0 Å². The molecule has 0 radical (unpaired) electrons. The molecule has 0 saturated carbocycles. The normalized spacial score (nSPS) is 16.6. The number of rotatable bonds is 1. The van der Waals surface area contributed by atoms with Crippen molar-refractivity contribution in [3.63, 3.8) is 0 Å². The number of pyridine rings is 1. The SMILES string of the molecule is Cc1cn2cc(C(=O)N3CCCCCC3)ccc2n1. The van der Waals surface area contributed by atoms with Crippen LogP contribution in [0.15, 0.2) is 24.5 Å². The van der Waals surface area contributed by atoms with Crippen LogP contribution in [0.5, 0.6) is 0 Å². The van der Waals surface area contributed by atoms with Crippen LogP contribution in [-0.2, 0) is 0 Å². The van der Waals surface area contributed by atoms with Gasteiger partial charge < -0.3 is 9.30 Å². The van der Waals surface area contributed by atoms with Crippen LogP contribution in [0.3, 0.4) is 0 Å². The van der Waals surface area contributed by atoms with E-state index in [1.54, 1.807) is 0 Å². The van der Waals surface area contributed by atoms with Gasteiger partial charge >= 0.3 is 0 Å². The number of carbonyl (C=O) groups is 1. The molecule has 0 aliphatic carbocycles. The number of hydrogen-bond acceptors (Lipinski definition) is 2. The van der Waals surface area contributed by atoms with Crippen LogP contribution >= 0.6 is 0 Å².